The summed E-state index contributed by atoms with van der Waals surface area (Å²) < 4.78 is 26.8. The van der Waals surface area contributed by atoms with Crippen LogP contribution in [0.5, 0.6) is 0 Å². The van der Waals surface area contributed by atoms with Gasteiger partial charge in [0.1, 0.15) is 0 Å². The van der Waals surface area contributed by atoms with Crippen molar-refractivity contribution in [3.05, 3.63) is 41.1 Å². The van der Waals surface area contributed by atoms with Crippen LogP contribution in [0.2, 0.25) is 0 Å². The minimum Gasteiger partial charge on any atom is -0.399 e. The highest BCUT2D eigenvalue weighted by Crippen LogP contribution is 2.34. The van der Waals surface area contributed by atoms with Gasteiger partial charge in [-0.05, 0) is 55.9 Å². The first-order valence-corrected chi connectivity index (χ1v) is 9.65. The van der Waals surface area contributed by atoms with Crippen LogP contribution in [0.15, 0.2) is 29.8 Å². The smallest absolute Gasteiger partial charge is 0.0810 e. The minimum absolute atomic E-state index is 0.0732. The Morgan fingerprint density at radius 3 is 2.78 bits per heavy atom. The van der Waals surface area contributed by atoms with Crippen LogP contribution in [0, 0.1) is 0 Å². The van der Waals surface area contributed by atoms with Crippen molar-refractivity contribution in [2.45, 2.75) is 38.5 Å². The fraction of sp³-hybridized carbons (Fsp3) is 0.412. The molecule has 0 saturated heterocycles. The van der Waals surface area contributed by atoms with E-state index in [1.807, 2.05) is 18.2 Å². The van der Waals surface area contributed by atoms with Gasteiger partial charge in [-0.1, -0.05) is 11.6 Å². The van der Waals surface area contributed by atoms with Gasteiger partial charge in [0.25, 0.3) is 0 Å². The number of hydrogen-bond acceptors (Lipinski definition) is 4. The third kappa shape index (κ3) is 4.09. The molecular weight excluding hydrogens is 312 g/mol. The highest BCUT2D eigenvalue weighted by Gasteiger charge is 2.18. The summed E-state index contributed by atoms with van der Waals surface area (Å²) in [7, 11) is -3.32. The highest BCUT2D eigenvalue weighted by molar-refractivity contribution is 8.19. The highest BCUT2D eigenvalue weighted by atomic mass is 32.3. The molecule has 0 spiro atoms. The SMILES string of the molecule is Nc1ccc2[nH]c3c(c2c1)CCC(=CCCCCS(O)(O)O)C3. The lowest BCUT2D eigenvalue weighted by molar-refractivity contribution is 0.374. The normalized spacial score (nSPS) is 17.6. The van der Waals surface area contributed by atoms with Crippen molar-refractivity contribution in [1.29, 1.82) is 0 Å². The first kappa shape index (κ1) is 16.4. The van der Waals surface area contributed by atoms with Gasteiger partial charge in [0.15, 0.2) is 0 Å². The van der Waals surface area contributed by atoms with Crippen molar-refractivity contribution < 1.29 is 13.7 Å². The van der Waals surface area contributed by atoms with Crippen LogP contribution >= 0.6 is 10.9 Å². The molecular formula is C17H24N2O3S. The molecule has 0 aliphatic heterocycles. The second-order valence-electron chi connectivity index (χ2n) is 6.26. The molecule has 3 rings (SSSR count). The molecule has 6 heteroatoms. The lowest BCUT2D eigenvalue weighted by Crippen LogP contribution is -2.04. The number of nitrogens with two attached hydrogens (primary N) is 1. The summed E-state index contributed by atoms with van der Waals surface area (Å²) in [6.07, 6.45) is 7.68. The summed E-state index contributed by atoms with van der Waals surface area (Å²) >= 11 is 0. The number of aromatic nitrogens is 1. The lowest BCUT2D eigenvalue weighted by atomic mass is 9.90. The van der Waals surface area contributed by atoms with Crippen molar-refractivity contribution >= 4 is 27.5 Å². The van der Waals surface area contributed by atoms with Crippen molar-refractivity contribution in [2.75, 3.05) is 11.5 Å². The number of anilines is 1. The number of unbranched alkanes of at least 4 members (excludes halogenated alkanes) is 2. The third-order valence-corrected chi connectivity index (χ3v) is 5.26. The Bertz CT molecular complexity index is 731. The van der Waals surface area contributed by atoms with E-state index in [1.165, 1.54) is 22.2 Å². The number of rotatable bonds is 5. The molecule has 0 unspecified atom stereocenters. The van der Waals surface area contributed by atoms with Crippen molar-refractivity contribution in [3.63, 3.8) is 0 Å². The standard InChI is InChI=1S/C17H24N2O3S/c18-13-6-8-16-15(11-13)14-7-5-12(10-17(14)19-16)4-2-1-3-9-23(20,21)22/h4,6,8,11,19-22H,1-3,5,7,9-10,18H2. The first-order chi connectivity index (χ1) is 10.9. The number of allylic oxidation sites excluding steroid dienone is 2. The second kappa shape index (κ2) is 6.57. The van der Waals surface area contributed by atoms with Crippen LogP contribution in [-0.2, 0) is 12.8 Å². The van der Waals surface area contributed by atoms with Gasteiger partial charge < -0.3 is 24.4 Å². The minimum atomic E-state index is -3.32. The molecule has 0 fully saturated rings. The molecule has 0 radical (unpaired) electrons. The number of nitrogen functional groups attached to an aromatic ring is 1. The van der Waals surface area contributed by atoms with Gasteiger partial charge in [-0.25, -0.2) is 0 Å². The van der Waals surface area contributed by atoms with Gasteiger partial charge in [-0.3, -0.25) is 0 Å². The Balaban J connectivity index is 1.62. The quantitative estimate of drug-likeness (QED) is 0.314. The van der Waals surface area contributed by atoms with Crippen molar-refractivity contribution in [1.82, 2.24) is 4.98 Å². The Morgan fingerprint density at radius 1 is 1.17 bits per heavy atom. The van der Waals surface area contributed by atoms with Crippen LogP contribution < -0.4 is 5.73 Å². The van der Waals surface area contributed by atoms with Crippen molar-refractivity contribution in [2.24, 2.45) is 0 Å². The average Bonchev–Trinajstić information content (AvgIpc) is 2.83. The molecule has 2 aromatic rings. The number of H-pyrrole nitrogens is 1. The van der Waals surface area contributed by atoms with E-state index in [4.69, 9.17) is 19.4 Å². The zero-order valence-electron chi connectivity index (χ0n) is 13.1. The van der Waals surface area contributed by atoms with Gasteiger partial charge in [0.2, 0.25) is 0 Å². The third-order valence-electron chi connectivity index (χ3n) is 4.42. The Morgan fingerprint density at radius 2 is 2.00 bits per heavy atom. The van der Waals surface area contributed by atoms with E-state index < -0.39 is 10.9 Å². The molecule has 6 N–H and O–H groups in total. The van der Waals surface area contributed by atoms with Crippen LogP contribution in [-0.4, -0.2) is 24.4 Å². The summed E-state index contributed by atoms with van der Waals surface area (Å²) in [4.78, 5) is 3.50. The van der Waals surface area contributed by atoms with E-state index in [0.717, 1.165) is 43.3 Å². The molecule has 23 heavy (non-hydrogen) atoms. The molecule has 1 aliphatic rings. The maximum Gasteiger partial charge on any atom is 0.0810 e. The zero-order valence-corrected chi connectivity index (χ0v) is 13.9. The van der Waals surface area contributed by atoms with Gasteiger partial charge in [0, 0.05) is 34.5 Å². The number of fused-ring (bicyclic) bond motifs is 3. The Labute approximate surface area is 137 Å². The molecule has 1 heterocycles. The molecule has 1 aromatic carbocycles. The molecule has 126 valence electrons. The summed E-state index contributed by atoms with van der Waals surface area (Å²) in [5, 5.41) is 1.24. The van der Waals surface area contributed by atoms with Crippen molar-refractivity contribution in [3.8, 4) is 0 Å². The van der Waals surface area contributed by atoms with Crippen LogP contribution in [0.4, 0.5) is 5.69 Å². The molecule has 1 aliphatic carbocycles. The maximum absolute atomic E-state index is 8.93. The Hall–Kier alpha value is -1.47. The number of nitrogens with one attached hydrogen (secondary N) is 1. The summed E-state index contributed by atoms with van der Waals surface area (Å²) in [6, 6.07) is 6.01. The predicted molar refractivity (Wildman–Crippen MR) is 97.0 cm³/mol. The molecule has 0 atom stereocenters. The Kier molecular flexibility index (Phi) is 4.68. The zero-order chi connectivity index (χ0) is 16.4. The molecule has 5 nitrogen and oxygen atoms in total. The first-order valence-electron chi connectivity index (χ1n) is 7.97. The van der Waals surface area contributed by atoms with Gasteiger partial charge in [-0.2, -0.15) is 0 Å². The van der Waals surface area contributed by atoms with E-state index in [9.17, 15) is 0 Å². The fourth-order valence-corrected chi connectivity index (χ4v) is 3.87. The summed E-state index contributed by atoms with van der Waals surface area (Å²) in [5.41, 5.74) is 11.9. The summed E-state index contributed by atoms with van der Waals surface area (Å²) in [5.74, 6) is 0.0732. The second-order valence-corrected chi connectivity index (χ2v) is 7.93. The number of benzene rings is 1. The number of hydrogen-bond donors (Lipinski definition) is 5. The van der Waals surface area contributed by atoms with Crippen LogP contribution in [0.3, 0.4) is 0 Å². The van der Waals surface area contributed by atoms with Crippen LogP contribution in [0.1, 0.15) is 36.9 Å². The lowest BCUT2D eigenvalue weighted by Gasteiger charge is -2.18. The van der Waals surface area contributed by atoms with Gasteiger partial charge in [0.05, 0.1) is 10.9 Å². The predicted octanol–water partition coefficient (Wildman–Crippen LogP) is 4.56. The van der Waals surface area contributed by atoms with Gasteiger partial charge >= 0.3 is 0 Å². The monoisotopic (exact) mass is 336 g/mol. The maximum atomic E-state index is 8.93. The molecule has 0 bridgehead atoms. The average molecular weight is 336 g/mol. The van der Waals surface area contributed by atoms with E-state index >= 15 is 0 Å². The number of aromatic amines is 1. The van der Waals surface area contributed by atoms with E-state index in [2.05, 4.69) is 11.1 Å². The van der Waals surface area contributed by atoms with E-state index in [1.54, 1.807) is 0 Å². The van der Waals surface area contributed by atoms with Gasteiger partial charge in [-0.15, -0.1) is 0 Å². The largest absolute Gasteiger partial charge is 0.399 e. The number of aryl methyl sites for hydroxylation is 1. The van der Waals surface area contributed by atoms with Crippen LogP contribution in [0.25, 0.3) is 10.9 Å². The fourth-order valence-electron chi connectivity index (χ4n) is 3.28. The van der Waals surface area contributed by atoms with E-state index in [0.29, 0.717) is 6.42 Å². The topological polar surface area (TPSA) is 103 Å². The molecule has 0 amide bonds. The summed E-state index contributed by atoms with van der Waals surface area (Å²) in [6.45, 7) is 0. The molecule has 0 saturated carbocycles. The van der Waals surface area contributed by atoms with E-state index in [-0.39, 0.29) is 5.75 Å². The molecule has 1 aromatic heterocycles.